The lowest BCUT2D eigenvalue weighted by Gasteiger charge is -2.22. The van der Waals surface area contributed by atoms with E-state index in [1.54, 1.807) is 42.5 Å². The van der Waals surface area contributed by atoms with Gasteiger partial charge in [-0.3, -0.25) is 0 Å². The van der Waals surface area contributed by atoms with Crippen molar-refractivity contribution >= 4 is 16.1 Å². The molecule has 2 aromatic rings. The van der Waals surface area contributed by atoms with E-state index in [1.165, 1.54) is 16.4 Å². The van der Waals surface area contributed by atoms with E-state index in [-0.39, 0.29) is 17.8 Å². The molecule has 136 valence electrons. The summed E-state index contributed by atoms with van der Waals surface area (Å²) in [4.78, 5) is 0.292. The molecule has 1 aliphatic heterocycles. The van der Waals surface area contributed by atoms with Gasteiger partial charge in [-0.25, -0.2) is 12.8 Å². The van der Waals surface area contributed by atoms with Gasteiger partial charge in [0.1, 0.15) is 5.82 Å². The summed E-state index contributed by atoms with van der Waals surface area (Å²) < 4.78 is 40.8. The highest BCUT2D eigenvalue weighted by Crippen LogP contribution is 2.35. The van der Waals surface area contributed by atoms with E-state index in [4.69, 9.17) is 0 Å². The first-order valence-corrected chi connectivity index (χ1v) is 9.94. The van der Waals surface area contributed by atoms with Crippen molar-refractivity contribution in [1.82, 2.24) is 4.31 Å². The van der Waals surface area contributed by atoms with Gasteiger partial charge in [-0.1, -0.05) is 42.0 Å². The van der Waals surface area contributed by atoms with Gasteiger partial charge in [0, 0.05) is 18.5 Å². The summed E-state index contributed by atoms with van der Waals surface area (Å²) in [7, 11) is -3.59. The van der Waals surface area contributed by atoms with Gasteiger partial charge in [-0.2, -0.15) is 4.31 Å². The number of halogens is 1. The molecule has 2 atom stereocenters. The van der Waals surface area contributed by atoms with E-state index in [1.807, 2.05) is 19.9 Å². The number of benzene rings is 2. The van der Waals surface area contributed by atoms with E-state index < -0.39 is 10.0 Å². The van der Waals surface area contributed by atoms with E-state index in [0.717, 1.165) is 16.7 Å². The predicted octanol–water partition coefficient (Wildman–Crippen LogP) is 4.41. The van der Waals surface area contributed by atoms with E-state index in [9.17, 15) is 12.8 Å². The SMILES string of the molecule is C=C[C@H]1/C(=C/c2ccc(F)cc2)CN(S(=O)(=O)c2ccc(C)cc2)[C@@H]1C. The fraction of sp³-hybridized carbons (Fsp3) is 0.238. The average Bonchev–Trinajstić information content (AvgIpc) is 2.93. The molecule has 0 unspecified atom stereocenters. The van der Waals surface area contributed by atoms with Crippen molar-refractivity contribution in [3.63, 3.8) is 0 Å². The maximum atomic E-state index is 13.1. The van der Waals surface area contributed by atoms with Gasteiger partial charge < -0.3 is 0 Å². The van der Waals surface area contributed by atoms with Gasteiger partial charge in [-0.15, -0.1) is 6.58 Å². The normalized spacial score (nSPS) is 22.7. The Hall–Kier alpha value is -2.24. The summed E-state index contributed by atoms with van der Waals surface area (Å²) >= 11 is 0. The second-order valence-electron chi connectivity index (χ2n) is 6.64. The van der Waals surface area contributed by atoms with Gasteiger partial charge in [-0.05, 0) is 49.2 Å². The third-order valence-electron chi connectivity index (χ3n) is 4.84. The van der Waals surface area contributed by atoms with Crippen molar-refractivity contribution in [3.8, 4) is 0 Å². The molecule has 0 bridgehead atoms. The number of hydrogen-bond donors (Lipinski definition) is 0. The van der Waals surface area contributed by atoms with Gasteiger partial charge in [0.25, 0.3) is 0 Å². The second-order valence-corrected chi connectivity index (χ2v) is 8.53. The molecule has 2 aromatic carbocycles. The van der Waals surface area contributed by atoms with E-state index >= 15 is 0 Å². The Balaban J connectivity index is 1.96. The minimum absolute atomic E-state index is 0.0831. The Morgan fingerprint density at radius 2 is 1.73 bits per heavy atom. The second kappa shape index (κ2) is 7.17. The van der Waals surface area contributed by atoms with Crippen LogP contribution in [0.3, 0.4) is 0 Å². The average molecular weight is 371 g/mol. The third-order valence-corrected chi connectivity index (χ3v) is 6.79. The molecule has 0 spiro atoms. The van der Waals surface area contributed by atoms with Gasteiger partial charge in [0.05, 0.1) is 4.90 Å². The molecule has 0 saturated carbocycles. The Morgan fingerprint density at radius 3 is 2.31 bits per heavy atom. The highest BCUT2D eigenvalue weighted by atomic mass is 32.2. The number of rotatable bonds is 4. The monoisotopic (exact) mass is 371 g/mol. The molecule has 0 radical (unpaired) electrons. The van der Waals surface area contributed by atoms with Crippen LogP contribution >= 0.6 is 0 Å². The zero-order valence-corrected chi connectivity index (χ0v) is 15.7. The van der Waals surface area contributed by atoms with Crippen molar-refractivity contribution in [3.05, 3.63) is 83.7 Å². The molecule has 1 fully saturated rings. The summed E-state index contributed by atoms with van der Waals surface area (Å²) in [5.41, 5.74) is 2.81. The fourth-order valence-corrected chi connectivity index (χ4v) is 4.97. The Bertz CT molecular complexity index is 931. The first kappa shape index (κ1) is 18.5. The van der Waals surface area contributed by atoms with Crippen LogP contribution in [0, 0.1) is 18.7 Å². The van der Waals surface area contributed by atoms with Crippen molar-refractivity contribution in [2.75, 3.05) is 6.54 Å². The molecule has 0 amide bonds. The first-order chi connectivity index (χ1) is 12.3. The summed E-state index contributed by atoms with van der Waals surface area (Å²) in [6.45, 7) is 7.99. The number of nitrogens with zero attached hydrogens (tertiary/aromatic N) is 1. The molecule has 1 heterocycles. The van der Waals surface area contributed by atoms with Crippen LogP contribution in [0.25, 0.3) is 6.08 Å². The minimum Gasteiger partial charge on any atom is -0.207 e. The highest BCUT2D eigenvalue weighted by molar-refractivity contribution is 7.89. The number of hydrogen-bond acceptors (Lipinski definition) is 2. The highest BCUT2D eigenvalue weighted by Gasteiger charge is 2.40. The van der Waals surface area contributed by atoms with Crippen LogP contribution in [-0.2, 0) is 10.0 Å². The van der Waals surface area contributed by atoms with Crippen LogP contribution in [0.2, 0.25) is 0 Å². The molecule has 1 saturated heterocycles. The zero-order chi connectivity index (χ0) is 18.9. The smallest absolute Gasteiger partial charge is 0.207 e. The van der Waals surface area contributed by atoms with Crippen LogP contribution in [0.15, 0.2) is 71.7 Å². The Morgan fingerprint density at radius 1 is 1.12 bits per heavy atom. The molecule has 1 aliphatic rings. The van der Waals surface area contributed by atoms with E-state index in [0.29, 0.717) is 11.4 Å². The molecule has 0 N–H and O–H groups in total. The predicted molar refractivity (Wildman–Crippen MR) is 103 cm³/mol. The maximum Gasteiger partial charge on any atom is 0.243 e. The molecule has 3 rings (SSSR count). The first-order valence-electron chi connectivity index (χ1n) is 8.50. The van der Waals surface area contributed by atoms with Crippen molar-refractivity contribution < 1.29 is 12.8 Å². The molecule has 0 aliphatic carbocycles. The molecule has 0 aromatic heterocycles. The lowest BCUT2D eigenvalue weighted by atomic mass is 9.95. The maximum absolute atomic E-state index is 13.1. The van der Waals surface area contributed by atoms with Crippen LogP contribution < -0.4 is 0 Å². The number of aryl methyl sites for hydroxylation is 1. The minimum atomic E-state index is -3.59. The van der Waals surface area contributed by atoms with Crippen molar-refractivity contribution in [2.24, 2.45) is 5.92 Å². The summed E-state index contributed by atoms with van der Waals surface area (Å²) in [5.74, 6) is -0.379. The van der Waals surface area contributed by atoms with Gasteiger partial charge >= 0.3 is 0 Å². The van der Waals surface area contributed by atoms with E-state index in [2.05, 4.69) is 6.58 Å². The molecular weight excluding hydrogens is 349 g/mol. The van der Waals surface area contributed by atoms with Crippen molar-refractivity contribution in [2.45, 2.75) is 24.8 Å². The third kappa shape index (κ3) is 3.50. The fourth-order valence-electron chi connectivity index (χ4n) is 3.33. The molecule has 26 heavy (non-hydrogen) atoms. The number of sulfonamides is 1. The van der Waals surface area contributed by atoms with Crippen LogP contribution in [-0.4, -0.2) is 25.3 Å². The Kier molecular flexibility index (Phi) is 5.12. The van der Waals surface area contributed by atoms with Gasteiger partial charge in [0.15, 0.2) is 0 Å². The summed E-state index contributed by atoms with van der Waals surface area (Å²) in [5, 5.41) is 0. The van der Waals surface area contributed by atoms with Crippen molar-refractivity contribution in [1.29, 1.82) is 0 Å². The quantitative estimate of drug-likeness (QED) is 0.747. The van der Waals surface area contributed by atoms with Crippen LogP contribution in [0.1, 0.15) is 18.1 Å². The molecule has 3 nitrogen and oxygen atoms in total. The largest absolute Gasteiger partial charge is 0.243 e. The Labute approximate surface area is 154 Å². The van der Waals surface area contributed by atoms with Crippen LogP contribution in [0.5, 0.6) is 0 Å². The summed E-state index contributed by atoms with van der Waals surface area (Å²) in [6.07, 6.45) is 3.71. The lowest BCUT2D eigenvalue weighted by Crippen LogP contribution is -2.35. The topological polar surface area (TPSA) is 37.4 Å². The van der Waals surface area contributed by atoms with Crippen LogP contribution in [0.4, 0.5) is 4.39 Å². The standard InChI is InChI=1S/C21H22FNO2S/c1-4-21-16(3)23(26(24,25)20-11-5-15(2)6-12-20)14-18(21)13-17-7-9-19(22)10-8-17/h4-13,16,21H,1,14H2,2-3H3/b18-13+/t16-,21-/m1/s1. The molecular formula is C21H22FNO2S. The van der Waals surface area contributed by atoms with Gasteiger partial charge in [0.2, 0.25) is 10.0 Å². The zero-order valence-electron chi connectivity index (χ0n) is 14.9. The summed E-state index contributed by atoms with van der Waals surface area (Å²) in [6, 6.07) is 12.8. The lowest BCUT2D eigenvalue weighted by molar-refractivity contribution is 0.385. The molecule has 5 heteroatoms.